The molecule has 1 saturated carbocycles. The topological polar surface area (TPSA) is 186 Å². The van der Waals surface area contributed by atoms with Crippen LogP contribution in [-0.4, -0.2) is 92.1 Å². The second kappa shape index (κ2) is 18.5. The fourth-order valence-electron chi connectivity index (χ4n) is 6.85. The quantitative estimate of drug-likeness (QED) is 0.112. The van der Waals surface area contributed by atoms with E-state index in [4.69, 9.17) is 0 Å². The van der Waals surface area contributed by atoms with Crippen molar-refractivity contribution in [2.45, 2.75) is 129 Å². The Morgan fingerprint density at radius 2 is 1.73 bits per heavy atom. The zero-order chi connectivity index (χ0) is 36.3. The minimum Gasteiger partial charge on any atom is -0.381 e. The molecule has 2 heterocycles. The molecule has 2 fully saturated rings. The van der Waals surface area contributed by atoms with Gasteiger partial charge in [0, 0.05) is 25.5 Å². The lowest BCUT2D eigenvalue weighted by Gasteiger charge is -2.38. The largest absolute Gasteiger partial charge is 0.381 e. The average molecular weight is 686 g/mol. The maximum absolute atomic E-state index is 14.5. The van der Waals surface area contributed by atoms with Crippen molar-refractivity contribution in [3.05, 3.63) is 36.9 Å². The number of aliphatic hydroxyl groups excluding tert-OH is 2. The first-order valence-electron chi connectivity index (χ1n) is 17.9. The third-order valence-corrected chi connectivity index (χ3v) is 9.86. The highest BCUT2D eigenvalue weighted by molar-refractivity contribution is 5.94. The Bertz CT molecular complexity index is 1250. The summed E-state index contributed by atoms with van der Waals surface area (Å²) in [5, 5.41) is 33.4. The molecule has 2 aliphatic rings. The van der Waals surface area contributed by atoms with Crippen LogP contribution >= 0.6 is 0 Å². The maximum Gasteiger partial charge on any atom is 0.251 e. The summed E-state index contributed by atoms with van der Waals surface area (Å²) < 4.78 is 0. The lowest BCUT2D eigenvalue weighted by molar-refractivity contribution is -0.145. The Morgan fingerprint density at radius 3 is 2.31 bits per heavy atom. The number of nitrogens with one attached hydrogen (secondary N) is 4. The predicted octanol–water partition coefficient (Wildman–Crippen LogP) is 2.36. The second-order valence-electron chi connectivity index (χ2n) is 15.0. The van der Waals surface area contributed by atoms with E-state index in [0.717, 1.165) is 32.1 Å². The number of aromatic nitrogens is 2. The molecule has 7 atom stereocenters. The summed E-state index contributed by atoms with van der Waals surface area (Å²) in [6.07, 6.45) is 9.19. The molecule has 49 heavy (non-hydrogen) atoms. The smallest absolute Gasteiger partial charge is 0.251 e. The number of hydrogen-bond donors (Lipinski definition) is 6. The van der Waals surface area contributed by atoms with Crippen molar-refractivity contribution in [2.24, 2.45) is 23.2 Å². The third-order valence-electron chi connectivity index (χ3n) is 9.86. The molecule has 3 rings (SSSR count). The van der Waals surface area contributed by atoms with Crippen LogP contribution in [0, 0.1) is 23.2 Å². The van der Waals surface area contributed by atoms with Crippen LogP contribution in [0.1, 0.15) is 105 Å². The number of aliphatic hydroxyl groups is 2. The van der Waals surface area contributed by atoms with Crippen LogP contribution in [0.4, 0.5) is 0 Å². The molecule has 274 valence electrons. The molecule has 0 bridgehead atoms. The molecule has 0 radical (unpaired) electrons. The van der Waals surface area contributed by atoms with Gasteiger partial charge in [0.2, 0.25) is 17.7 Å². The van der Waals surface area contributed by atoms with Crippen LogP contribution in [0.3, 0.4) is 0 Å². The van der Waals surface area contributed by atoms with Crippen LogP contribution in [0.25, 0.3) is 0 Å². The zero-order valence-corrected chi connectivity index (χ0v) is 30.2. The number of likely N-dealkylation sites (tertiary alicyclic amines) is 1. The molecular weight excluding hydrogens is 626 g/mol. The van der Waals surface area contributed by atoms with Crippen LogP contribution in [0.15, 0.2) is 31.2 Å². The summed E-state index contributed by atoms with van der Waals surface area (Å²) in [6, 6.07) is -3.47. The molecule has 6 N–H and O–H groups in total. The molecule has 0 aromatic carbocycles. The molecule has 1 saturated heterocycles. The van der Waals surface area contributed by atoms with Gasteiger partial charge in [0.1, 0.15) is 24.0 Å². The number of nitrogens with zero attached hydrogens (tertiary/aromatic N) is 3. The van der Waals surface area contributed by atoms with E-state index in [0.29, 0.717) is 25.8 Å². The van der Waals surface area contributed by atoms with Gasteiger partial charge in [-0.25, -0.2) is 0 Å². The van der Waals surface area contributed by atoms with Crippen molar-refractivity contribution >= 4 is 23.6 Å². The van der Waals surface area contributed by atoms with Crippen molar-refractivity contribution < 1.29 is 29.4 Å². The van der Waals surface area contributed by atoms with Gasteiger partial charge in [-0.1, -0.05) is 73.3 Å². The third kappa shape index (κ3) is 11.0. The highest BCUT2D eigenvalue weighted by Crippen LogP contribution is 2.33. The summed E-state index contributed by atoms with van der Waals surface area (Å²) in [7, 11) is 0. The highest BCUT2D eigenvalue weighted by Gasteiger charge is 2.47. The molecule has 1 aromatic heterocycles. The highest BCUT2D eigenvalue weighted by atomic mass is 16.3. The summed E-state index contributed by atoms with van der Waals surface area (Å²) in [6.45, 7) is 15.7. The van der Waals surface area contributed by atoms with Gasteiger partial charge in [-0.15, -0.1) is 6.58 Å². The van der Waals surface area contributed by atoms with Crippen LogP contribution in [0.2, 0.25) is 0 Å². The lowest BCUT2D eigenvalue weighted by Crippen LogP contribution is -2.62. The van der Waals surface area contributed by atoms with Crippen LogP contribution in [-0.2, 0) is 19.2 Å². The Kier molecular flexibility index (Phi) is 15.1. The molecule has 0 spiro atoms. The normalized spacial score (nSPS) is 21.7. The van der Waals surface area contributed by atoms with Gasteiger partial charge in [0.25, 0.3) is 5.91 Å². The zero-order valence-electron chi connectivity index (χ0n) is 30.2. The lowest BCUT2D eigenvalue weighted by atomic mass is 9.82. The average Bonchev–Trinajstić information content (AvgIpc) is 3.54. The van der Waals surface area contributed by atoms with Crippen molar-refractivity contribution in [1.82, 2.24) is 36.1 Å². The van der Waals surface area contributed by atoms with E-state index in [9.17, 15) is 29.4 Å². The van der Waals surface area contributed by atoms with Gasteiger partial charge in [-0.3, -0.25) is 34.5 Å². The van der Waals surface area contributed by atoms with Crippen molar-refractivity contribution in [3.63, 3.8) is 0 Å². The number of rotatable bonds is 16. The van der Waals surface area contributed by atoms with Gasteiger partial charge in [0.05, 0.1) is 18.3 Å². The van der Waals surface area contributed by atoms with Gasteiger partial charge in [-0.05, 0) is 48.9 Å². The van der Waals surface area contributed by atoms with E-state index in [1.54, 1.807) is 4.90 Å². The van der Waals surface area contributed by atoms with Crippen molar-refractivity contribution in [2.75, 3.05) is 13.1 Å². The number of hydrogen-bond acceptors (Lipinski definition) is 9. The Hall–Kier alpha value is -3.42. The minimum atomic E-state index is -1.47. The van der Waals surface area contributed by atoms with Gasteiger partial charge < -0.3 is 31.1 Å². The van der Waals surface area contributed by atoms with Crippen LogP contribution < -0.4 is 21.3 Å². The summed E-state index contributed by atoms with van der Waals surface area (Å²) in [5.41, 5.74) is -0.441. The SMILES string of the molecule is C=CCNC(=O)C(O)C(CCC)NC(=O)[C@@H]1C[C@@H](C(C)C)CN1C(=O)[C@@H](NC(=O)[C@@H](NC(O)c1cnccn1)C1CCCCC1)C(C)(C)C. The summed E-state index contributed by atoms with van der Waals surface area (Å²) >= 11 is 0. The molecule has 1 aliphatic heterocycles. The van der Waals surface area contributed by atoms with Gasteiger partial charge in [0.15, 0.2) is 6.10 Å². The van der Waals surface area contributed by atoms with Gasteiger partial charge in [-0.2, -0.15) is 0 Å². The first-order chi connectivity index (χ1) is 23.2. The fraction of sp³-hybridized carbons (Fsp3) is 0.722. The van der Waals surface area contributed by atoms with E-state index >= 15 is 0 Å². The first-order valence-corrected chi connectivity index (χ1v) is 17.9. The van der Waals surface area contributed by atoms with Crippen LogP contribution in [0.5, 0.6) is 0 Å². The maximum atomic E-state index is 14.5. The first kappa shape index (κ1) is 40.0. The fourth-order valence-corrected chi connectivity index (χ4v) is 6.85. The minimum absolute atomic E-state index is 0.0280. The number of carbonyl (C=O) groups is 4. The van der Waals surface area contributed by atoms with Gasteiger partial charge >= 0.3 is 0 Å². The summed E-state index contributed by atoms with van der Waals surface area (Å²) in [4.78, 5) is 65.0. The number of amides is 4. The van der Waals surface area contributed by atoms with E-state index in [-0.39, 0.29) is 35.9 Å². The molecular formula is C36H59N7O6. The van der Waals surface area contributed by atoms with Crippen molar-refractivity contribution in [3.8, 4) is 0 Å². The van der Waals surface area contributed by atoms with E-state index in [1.807, 2.05) is 41.5 Å². The number of carbonyl (C=O) groups excluding carboxylic acids is 4. The Balaban J connectivity index is 1.87. The van der Waals surface area contributed by atoms with Crippen molar-refractivity contribution in [1.29, 1.82) is 0 Å². The molecule has 4 amide bonds. The second-order valence-corrected chi connectivity index (χ2v) is 15.0. The van der Waals surface area contributed by atoms with E-state index in [2.05, 4.69) is 37.8 Å². The molecule has 13 heteroatoms. The Labute approximate surface area is 291 Å². The molecule has 3 unspecified atom stereocenters. The molecule has 1 aromatic rings. The predicted molar refractivity (Wildman–Crippen MR) is 186 cm³/mol. The monoisotopic (exact) mass is 685 g/mol. The van der Waals surface area contributed by atoms with E-state index in [1.165, 1.54) is 24.7 Å². The Morgan fingerprint density at radius 1 is 1.04 bits per heavy atom. The molecule has 1 aliphatic carbocycles. The standard InChI is InChI=1S/C36H59N7O6/c1-8-13-25(29(44)34(48)39-16-9-2)40-32(46)27-19-24(22(3)4)21-43(27)35(49)30(36(5,6)7)42-33(47)28(23-14-11-10-12-15-23)41-31(45)26-20-37-17-18-38-26/h9,17-18,20,22-25,27-31,41,44-45H,2,8,10-16,19,21H2,1,3-7H3,(H,39,48)(H,40,46)(H,42,47)/t24-,25?,27+,28+,29?,30-,31?/m1/s1. The van der Waals surface area contributed by atoms with E-state index < -0.39 is 59.6 Å². The molecule has 13 nitrogen and oxygen atoms in total. The summed E-state index contributed by atoms with van der Waals surface area (Å²) in [5.74, 6) is -1.69.